The summed E-state index contributed by atoms with van der Waals surface area (Å²) in [6, 6.07) is 7.51. The molecule has 6 nitrogen and oxygen atoms in total. The van der Waals surface area contributed by atoms with Crippen molar-refractivity contribution >= 4 is 28.3 Å². The summed E-state index contributed by atoms with van der Waals surface area (Å²) in [5.41, 5.74) is 1.69. The predicted octanol–water partition coefficient (Wildman–Crippen LogP) is 3.66. The van der Waals surface area contributed by atoms with Crippen LogP contribution in [0.5, 0.6) is 5.75 Å². The number of rotatable bonds is 6. The van der Waals surface area contributed by atoms with E-state index in [1.165, 1.54) is 11.3 Å². The largest absolute Gasteiger partial charge is 0.497 e. The zero-order chi connectivity index (χ0) is 18.4. The predicted molar refractivity (Wildman–Crippen MR) is 100 cm³/mol. The summed E-state index contributed by atoms with van der Waals surface area (Å²) in [7, 11) is 1.61. The molecule has 0 fully saturated rings. The number of esters is 1. The molecule has 0 saturated heterocycles. The summed E-state index contributed by atoms with van der Waals surface area (Å²) in [6.45, 7) is -0.295. The van der Waals surface area contributed by atoms with Crippen LogP contribution in [0.4, 0.5) is 5.13 Å². The fourth-order valence-electron chi connectivity index (χ4n) is 2.64. The van der Waals surface area contributed by atoms with Gasteiger partial charge in [-0.2, -0.15) is 0 Å². The smallest absolute Gasteiger partial charge is 0.309 e. The lowest BCUT2D eigenvalue weighted by Gasteiger charge is -2.15. The average Bonchev–Trinajstić information content (AvgIpc) is 3.15. The SMILES string of the molecule is COc1ccc(-c2csc(NC(=O)COC(=O)[C@@H]3CC=CCC3)n2)cc1. The maximum atomic E-state index is 12.0. The molecule has 0 unspecified atom stereocenters. The van der Waals surface area contributed by atoms with Crippen LogP contribution in [0, 0.1) is 5.92 Å². The molecule has 136 valence electrons. The number of benzene rings is 1. The fourth-order valence-corrected chi connectivity index (χ4v) is 3.38. The van der Waals surface area contributed by atoms with Crippen LogP contribution in [0.25, 0.3) is 11.3 Å². The summed E-state index contributed by atoms with van der Waals surface area (Å²) in [6.07, 6.45) is 6.36. The molecule has 7 heteroatoms. The zero-order valence-corrected chi connectivity index (χ0v) is 15.3. The highest BCUT2D eigenvalue weighted by molar-refractivity contribution is 7.14. The number of anilines is 1. The number of nitrogens with one attached hydrogen (secondary N) is 1. The lowest BCUT2D eigenvalue weighted by atomic mass is 9.95. The number of methoxy groups -OCH3 is 1. The number of hydrogen-bond donors (Lipinski definition) is 1. The van der Waals surface area contributed by atoms with E-state index < -0.39 is 0 Å². The number of thiazole rings is 1. The Bertz CT molecular complexity index is 798. The quantitative estimate of drug-likeness (QED) is 0.618. The molecule has 0 bridgehead atoms. The molecule has 1 aliphatic carbocycles. The van der Waals surface area contributed by atoms with Crippen molar-refractivity contribution in [3.05, 3.63) is 41.8 Å². The number of amides is 1. The molecule has 0 spiro atoms. The highest BCUT2D eigenvalue weighted by Crippen LogP contribution is 2.26. The van der Waals surface area contributed by atoms with E-state index in [1.54, 1.807) is 7.11 Å². The molecular weight excluding hydrogens is 352 g/mol. The average molecular weight is 372 g/mol. The normalized spacial score (nSPS) is 16.1. The van der Waals surface area contributed by atoms with Crippen LogP contribution >= 0.6 is 11.3 Å². The Morgan fingerprint density at radius 1 is 1.27 bits per heavy atom. The third kappa shape index (κ3) is 4.70. The molecule has 26 heavy (non-hydrogen) atoms. The topological polar surface area (TPSA) is 77.5 Å². The molecule has 1 amide bonds. The van der Waals surface area contributed by atoms with Crippen LogP contribution in [0.15, 0.2) is 41.8 Å². The van der Waals surface area contributed by atoms with Gasteiger partial charge >= 0.3 is 5.97 Å². The van der Waals surface area contributed by atoms with Crippen LogP contribution < -0.4 is 10.1 Å². The van der Waals surface area contributed by atoms with E-state index in [1.807, 2.05) is 35.7 Å². The van der Waals surface area contributed by atoms with E-state index in [-0.39, 0.29) is 24.4 Å². The van der Waals surface area contributed by atoms with Gasteiger partial charge in [0.15, 0.2) is 11.7 Å². The van der Waals surface area contributed by atoms with Gasteiger partial charge in [0, 0.05) is 10.9 Å². The van der Waals surface area contributed by atoms with Crippen LogP contribution in [-0.2, 0) is 14.3 Å². The van der Waals surface area contributed by atoms with Gasteiger partial charge < -0.3 is 9.47 Å². The Balaban J connectivity index is 1.50. The van der Waals surface area contributed by atoms with E-state index in [4.69, 9.17) is 9.47 Å². The minimum absolute atomic E-state index is 0.144. The second-order valence-electron chi connectivity index (χ2n) is 5.90. The van der Waals surface area contributed by atoms with Crippen molar-refractivity contribution in [2.45, 2.75) is 19.3 Å². The van der Waals surface area contributed by atoms with Crippen molar-refractivity contribution in [2.24, 2.45) is 5.92 Å². The monoisotopic (exact) mass is 372 g/mol. The highest BCUT2D eigenvalue weighted by Gasteiger charge is 2.21. The summed E-state index contributed by atoms with van der Waals surface area (Å²) in [5, 5.41) is 4.99. The fraction of sp³-hybridized carbons (Fsp3) is 0.316. The van der Waals surface area contributed by atoms with Crippen molar-refractivity contribution in [1.82, 2.24) is 4.98 Å². The van der Waals surface area contributed by atoms with Crippen LogP contribution in [-0.4, -0.2) is 30.6 Å². The standard InChI is InChI=1S/C19H20N2O4S/c1-24-15-9-7-13(8-10-15)16-12-26-19(20-16)21-17(22)11-25-18(23)14-5-3-2-4-6-14/h2-3,7-10,12,14H,4-6,11H2,1H3,(H,20,21,22)/t14-/m1/s1. The second-order valence-corrected chi connectivity index (χ2v) is 6.76. The number of allylic oxidation sites excluding steroid dienone is 2. The van der Waals surface area contributed by atoms with Crippen LogP contribution in [0.3, 0.4) is 0 Å². The Morgan fingerprint density at radius 3 is 2.77 bits per heavy atom. The van der Waals surface area contributed by atoms with Crippen molar-refractivity contribution in [2.75, 3.05) is 19.0 Å². The maximum Gasteiger partial charge on any atom is 0.309 e. The molecule has 3 rings (SSSR count). The van der Waals surface area contributed by atoms with E-state index in [0.29, 0.717) is 11.6 Å². The third-order valence-electron chi connectivity index (χ3n) is 4.08. The van der Waals surface area contributed by atoms with Gasteiger partial charge in [0.1, 0.15) is 5.75 Å². The number of nitrogens with zero attached hydrogens (tertiary/aromatic N) is 1. The van der Waals surface area contributed by atoms with Gasteiger partial charge in [0.2, 0.25) is 0 Å². The lowest BCUT2D eigenvalue weighted by Crippen LogP contribution is -2.25. The highest BCUT2D eigenvalue weighted by atomic mass is 32.1. The first-order valence-electron chi connectivity index (χ1n) is 8.37. The number of carbonyl (C=O) groups is 2. The first kappa shape index (κ1) is 18.1. The molecule has 2 aromatic rings. The Morgan fingerprint density at radius 2 is 2.08 bits per heavy atom. The van der Waals surface area contributed by atoms with Crippen molar-refractivity contribution in [3.63, 3.8) is 0 Å². The zero-order valence-electron chi connectivity index (χ0n) is 14.4. The Labute approximate surface area is 155 Å². The Kier molecular flexibility index (Phi) is 6.01. The van der Waals surface area contributed by atoms with Crippen molar-refractivity contribution < 1.29 is 19.1 Å². The van der Waals surface area contributed by atoms with Gasteiger partial charge in [-0.05, 0) is 43.5 Å². The molecule has 1 aliphatic rings. The van der Waals surface area contributed by atoms with Gasteiger partial charge in [-0.3, -0.25) is 14.9 Å². The van der Waals surface area contributed by atoms with Crippen molar-refractivity contribution in [1.29, 1.82) is 0 Å². The molecule has 0 aliphatic heterocycles. The minimum atomic E-state index is -0.389. The molecule has 1 N–H and O–H groups in total. The van der Waals surface area contributed by atoms with E-state index >= 15 is 0 Å². The van der Waals surface area contributed by atoms with Gasteiger partial charge in [-0.15, -0.1) is 11.3 Å². The third-order valence-corrected chi connectivity index (χ3v) is 4.84. The summed E-state index contributed by atoms with van der Waals surface area (Å²) in [5.74, 6) is -0.0787. The molecule has 1 aromatic carbocycles. The number of hydrogen-bond acceptors (Lipinski definition) is 6. The van der Waals surface area contributed by atoms with Gasteiger partial charge in [0.05, 0.1) is 18.7 Å². The lowest BCUT2D eigenvalue weighted by molar-refractivity contribution is -0.151. The van der Waals surface area contributed by atoms with Crippen LogP contribution in [0.2, 0.25) is 0 Å². The first-order chi connectivity index (χ1) is 12.7. The molecule has 1 heterocycles. The first-order valence-corrected chi connectivity index (χ1v) is 9.25. The van der Waals surface area contributed by atoms with E-state index in [9.17, 15) is 9.59 Å². The number of ether oxygens (including phenoxy) is 2. The number of aromatic nitrogens is 1. The van der Waals surface area contributed by atoms with Gasteiger partial charge in [0.25, 0.3) is 5.91 Å². The minimum Gasteiger partial charge on any atom is -0.497 e. The molecule has 1 atom stereocenters. The van der Waals surface area contributed by atoms with Crippen LogP contribution in [0.1, 0.15) is 19.3 Å². The summed E-state index contributed by atoms with van der Waals surface area (Å²) >= 11 is 1.32. The maximum absolute atomic E-state index is 12.0. The molecule has 0 radical (unpaired) electrons. The molecule has 1 aromatic heterocycles. The van der Waals surface area contributed by atoms with E-state index in [0.717, 1.165) is 29.8 Å². The van der Waals surface area contributed by atoms with Gasteiger partial charge in [-0.25, -0.2) is 4.98 Å². The summed E-state index contributed by atoms with van der Waals surface area (Å²) < 4.78 is 10.2. The van der Waals surface area contributed by atoms with E-state index in [2.05, 4.69) is 16.4 Å². The summed E-state index contributed by atoms with van der Waals surface area (Å²) in [4.78, 5) is 28.3. The molecular formula is C19H20N2O4S. The van der Waals surface area contributed by atoms with Crippen molar-refractivity contribution in [3.8, 4) is 17.0 Å². The Hall–Kier alpha value is -2.67. The van der Waals surface area contributed by atoms with Gasteiger partial charge in [-0.1, -0.05) is 12.2 Å². The second kappa shape index (κ2) is 8.62. The molecule has 0 saturated carbocycles. The number of carbonyl (C=O) groups excluding carboxylic acids is 2.